The van der Waals surface area contributed by atoms with Crippen LogP contribution in [-0.2, 0) is 0 Å². The molecule has 0 radical (unpaired) electrons. The van der Waals surface area contributed by atoms with Gasteiger partial charge in [0.25, 0.3) is 0 Å². The van der Waals surface area contributed by atoms with Crippen molar-refractivity contribution in [3.05, 3.63) is 35.9 Å². The number of benzene rings is 1. The van der Waals surface area contributed by atoms with Gasteiger partial charge in [-0.2, -0.15) is 0 Å². The third kappa shape index (κ3) is 2.27. The second kappa shape index (κ2) is 4.78. The number of piperazine rings is 1. The van der Waals surface area contributed by atoms with Crippen LogP contribution in [0, 0.1) is 0 Å². The summed E-state index contributed by atoms with van der Waals surface area (Å²) in [5.74, 6) is 0. The maximum absolute atomic E-state index is 6.38. The average molecular weight is 211 g/mol. The number of hydrogen-bond donors (Lipinski definition) is 1. The van der Waals surface area contributed by atoms with Crippen molar-refractivity contribution in [2.24, 2.45) is 0 Å². The Morgan fingerprint density at radius 2 is 1.79 bits per heavy atom. The Balaban J connectivity index is 2.03. The van der Waals surface area contributed by atoms with E-state index in [9.17, 15) is 0 Å². The molecule has 0 saturated carbocycles. The lowest BCUT2D eigenvalue weighted by Crippen LogP contribution is -2.43. The number of halogens is 1. The minimum absolute atomic E-state index is 0.0262. The van der Waals surface area contributed by atoms with Crippen LogP contribution in [0.2, 0.25) is 0 Å². The zero-order valence-corrected chi connectivity index (χ0v) is 8.87. The number of hydrogen-bond acceptors (Lipinski definition) is 2. The van der Waals surface area contributed by atoms with Crippen LogP contribution in [0.5, 0.6) is 0 Å². The van der Waals surface area contributed by atoms with Crippen LogP contribution in [-0.4, -0.2) is 31.1 Å². The van der Waals surface area contributed by atoms with Crippen LogP contribution in [0.25, 0.3) is 0 Å². The molecule has 14 heavy (non-hydrogen) atoms. The number of alkyl halides is 1. The number of nitrogens with zero attached hydrogens (tertiary/aromatic N) is 1. The monoisotopic (exact) mass is 210 g/mol. The fourth-order valence-corrected chi connectivity index (χ4v) is 2.07. The summed E-state index contributed by atoms with van der Waals surface area (Å²) in [4.78, 5) is 2.30. The fraction of sp³-hybridized carbons (Fsp3) is 0.455. The maximum Gasteiger partial charge on any atom is 0.111 e. The second-order valence-electron chi connectivity index (χ2n) is 3.53. The summed E-state index contributed by atoms with van der Waals surface area (Å²) >= 11 is 6.38. The lowest BCUT2D eigenvalue weighted by Gasteiger charge is -2.31. The molecule has 1 aliphatic rings. The van der Waals surface area contributed by atoms with E-state index in [1.807, 2.05) is 18.2 Å². The molecule has 0 spiro atoms. The van der Waals surface area contributed by atoms with Crippen molar-refractivity contribution in [1.82, 2.24) is 10.2 Å². The molecule has 1 saturated heterocycles. The zero-order chi connectivity index (χ0) is 9.80. The molecule has 3 heteroatoms. The molecule has 76 valence electrons. The van der Waals surface area contributed by atoms with Crippen LogP contribution in [0.3, 0.4) is 0 Å². The van der Waals surface area contributed by atoms with Crippen molar-refractivity contribution in [3.8, 4) is 0 Å². The Morgan fingerprint density at radius 3 is 2.43 bits per heavy atom. The van der Waals surface area contributed by atoms with Gasteiger partial charge in [0, 0.05) is 26.2 Å². The van der Waals surface area contributed by atoms with Crippen LogP contribution in [0.4, 0.5) is 0 Å². The molecule has 1 aromatic carbocycles. The first-order valence-corrected chi connectivity index (χ1v) is 5.45. The van der Waals surface area contributed by atoms with Gasteiger partial charge in [-0.1, -0.05) is 30.3 Å². The molecule has 1 fully saturated rings. The van der Waals surface area contributed by atoms with E-state index >= 15 is 0 Å². The van der Waals surface area contributed by atoms with E-state index in [0.29, 0.717) is 0 Å². The predicted octanol–water partition coefficient (Wildman–Crippen LogP) is 1.83. The van der Waals surface area contributed by atoms with Gasteiger partial charge in [-0.05, 0) is 5.56 Å². The number of nitrogens with one attached hydrogen (secondary N) is 1. The van der Waals surface area contributed by atoms with Gasteiger partial charge in [0.1, 0.15) is 5.50 Å². The summed E-state index contributed by atoms with van der Waals surface area (Å²) in [6.07, 6.45) is 0. The SMILES string of the molecule is ClC(c1ccccc1)N1CCNCC1. The third-order valence-electron chi connectivity index (χ3n) is 2.55. The van der Waals surface area contributed by atoms with Crippen molar-refractivity contribution in [3.63, 3.8) is 0 Å². The highest BCUT2D eigenvalue weighted by Crippen LogP contribution is 2.24. The predicted molar refractivity (Wildman–Crippen MR) is 59.5 cm³/mol. The van der Waals surface area contributed by atoms with E-state index in [1.165, 1.54) is 5.56 Å². The van der Waals surface area contributed by atoms with Crippen molar-refractivity contribution in [1.29, 1.82) is 0 Å². The average Bonchev–Trinajstić information content (AvgIpc) is 2.30. The minimum Gasteiger partial charge on any atom is -0.314 e. The standard InChI is InChI=1S/C11H15ClN2/c12-11(10-4-2-1-3-5-10)14-8-6-13-7-9-14/h1-5,11,13H,6-9H2. The van der Waals surface area contributed by atoms with Gasteiger partial charge in [0.05, 0.1) is 0 Å². The van der Waals surface area contributed by atoms with Crippen molar-refractivity contribution in [2.45, 2.75) is 5.50 Å². The van der Waals surface area contributed by atoms with E-state index < -0.39 is 0 Å². The Kier molecular flexibility index (Phi) is 3.40. The number of rotatable bonds is 2. The van der Waals surface area contributed by atoms with Crippen molar-refractivity contribution in [2.75, 3.05) is 26.2 Å². The molecule has 2 rings (SSSR count). The van der Waals surface area contributed by atoms with Gasteiger partial charge < -0.3 is 5.32 Å². The molecular formula is C11H15ClN2. The second-order valence-corrected chi connectivity index (χ2v) is 3.95. The first-order chi connectivity index (χ1) is 6.88. The van der Waals surface area contributed by atoms with Gasteiger partial charge >= 0.3 is 0 Å². The Labute approximate surface area is 89.9 Å². The van der Waals surface area contributed by atoms with Crippen LogP contribution in [0.1, 0.15) is 11.1 Å². The smallest absolute Gasteiger partial charge is 0.111 e. The highest BCUT2D eigenvalue weighted by atomic mass is 35.5. The van der Waals surface area contributed by atoms with Gasteiger partial charge in [0.15, 0.2) is 0 Å². The summed E-state index contributed by atoms with van der Waals surface area (Å²) in [6.45, 7) is 4.14. The van der Waals surface area contributed by atoms with Crippen LogP contribution >= 0.6 is 11.6 Å². The van der Waals surface area contributed by atoms with E-state index in [4.69, 9.17) is 11.6 Å². The summed E-state index contributed by atoms with van der Waals surface area (Å²) in [7, 11) is 0. The Bertz CT molecular complexity index is 270. The molecule has 1 heterocycles. The molecule has 1 unspecified atom stereocenters. The third-order valence-corrected chi connectivity index (χ3v) is 3.07. The van der Waals surface area contributed by atoms with E-state index in [2.05, 4.69) is 22.3 Å². The Morgan fingerprint density at radius 1 is 1.14 bits per heavy atom. The minimum atomic E-state index is 0.0262. The normalized spacial score (nSPS) is 20.6. The topological polar surface area (TPSA) is 15.3 Å². The molecule has 1 aliphatic heterocycles. The van der Waals surface area contributed by atoms with E-state index in [0.717, 1.165) is 26.2 Å². The lowest BCUT2D eigenvalue weighted by atomic mass is 10.2. The summed E-state index contributed by atoms with van der Waals surface area (Å²) in [5.41, 5.74) is 1.22. The maximum atomic E-state index is 6.38. The van der Waals surface area contributed by atoms with E-state index in [-0.39, 0.29) is 5.50 Å². The van der Waals surface area contributed by atoms with Gasteiger partial charge in [-0.3, -0.25) is 4.90 Å². The molecule has 0 amide bonds. The molecule has 1 aromatic rings. The first kappa shape index (κ1) is 9.97. The van der Waals surface area contributed by atoms with Gasteiger partial charge in [-0.15, -0.1) is 11.6 Å². The quantitative estimate of drug-likeness (QED) is 0.592. The summed E-state index contributed by atoms with van der Waals surface area (Å²) in [5, 5.41) is 3.32. The molecule has 2 nitrogen and oxygen atoms in total. The van der Waals surface area contributed by atoms with Crippen molar-refractivity contribution < 1.29 is 0 Å². The summed E-state index contributed by atoms with van der Waals surface area (Å²) < 4.78 is 0. The zero-order valence-electron chi connectivity index (χ0n) is 8.12. The molecule has 0 aromatic heterocycles. The Hall–Kier alpha value is -0.570. The highest BCUT2D eigenvalue weighted by Gasteiger charge is 2.18. The molecule has 0 aliphatic carbocycles. The lowest BCUT2D eigenvalue weighted by molar-refractivity contribution is 0.223. The largest absolute Gasteiger partial charge is 0.314 e. The van der Waals surface area contributed by atoms with Crippen LogP contribution in [0.15, 0.2) is 30.3 Å². The molecule has 1 atom stereocenters. The van der Waals surface area contributed by atoms with E-state index in [1.54, 1.807) is 0 Å². The molecular weight excluding hydrogens is 196 g/mol. The fourth-order valence-electron chi connectivity index (χ4n) is 1.73. The van der Waals surface area contributed by atoms with Gasteiger partial charge in [0.2, 0.25) is 0 Å². The van der Waals surface area contributed by atoms with Gasteiger partial charge in [-0.25, -0.2) is 0 Å². The first-order valence-electron chi connectivity index (χ1n) is 5.02. The molecule has 0 bridgehead atoms. The summed E-state index contributed by atoms with van der Waals surface area (Å²) in [6, 6.07) is 10.3. The molecule has 1 N–H and O–H groups in total. The highest BCUT2D eigenvalue weighted by molar-refractivity contribution is 6.20. The van der Waals surface area contributed by atoms with Crippen molar-refractivity contribution >= 4 is 11.6 Å². The van der Waals surface area contributed by atoms with Crippen LogP contribution < -0.4 is 5.32 Å².